The molecular formula is C40H58O11. The molecule has 0 aromatic heterocycles. The first kappa shape index (κ1) is 35.4. The van der Waals surface area contributed by atoms with Crippen molar-refractivity contribution < 1.29 is 52.2 Å². The van der Waals surface area contributed by atoms with Crippen molar-refractivity contribution in [3.63, 3.8) is 0 Å². The normalized spacial score (nSPS) is 53.5. The highest BCUT2D eigenvalue weighted by Crippen LogP contribution is 2.54. The number of methoxy groups -OCH3 is 1. The molecule has 10 fully saturated rings. The Morgan fingerprint density at radius 1 is 0.784 bits per heavy atom. The van der Waals surface area contributed by atoms with Crippen LogP contribution in [0.3, 0.4) is 0 Å². The van der Waals surface area contributed by atoms with Gasteiger partial charge in [0.05, 0.1) is 61.0 Å². The number of carbonyl (C=O) groups excluding carboxylic acids is 2. The lowest BCUT2D eigenvalue weighted by Gasteiger charge is -2.48. The Bertz CT molecular complexity index is 1350. The lowest BCUT2D eigenvalue weighted by atomic mass is 9.68. The third-order valence-corrected chi connectivity index (χ3v) is 14.6. The topological polar surface area (TPSA) is 117 Å². The van der Waals surface area contributed by atoms with Crippen molar-refractivity contribution in [2.24, 2.45) is 17.3 Å². The van der Waals surface area contributed by atoms with E-state index in [1.807, 2.05) is 0 Å². The summed E-state index contributed by atoms with van der Waals surface area (Å²) >= 11 is 0. The number of carbonyl (C=O) groups is 2. The molecule has 10 rings (SSSR count). The molecule has 12 bridgehead atoms. The largest absolute Gasteiger partial charge is 0.378 e. The minimum atomic E-state index is -0.772. The summed E-state index contributed by atoms with van der Waals surface area (Å²) in [6, 6.07) is 0. The zero-order valence-corrected chi connectivity index (χ0v) is 30.8. The number of ether oxygens (including phenoxy) is 9. The van der Waals surface area contributed by atoms with Crippen molar-refractivity contribution in [2.75, 3.05) is 7.11 Å². The molecule has 10 heterocycles. The first-order valence-corrected chi connectivity index (χ1v) is 20.0. The number of rotatable bonds is 3. The van der Waals surface area contributed by atoms with Crippen molar-refractivity contribution in [3.8, 4) is 0 Å². The molecule has 51 heavy (non-hydrogen) atoms. The van der Waals surface area contributed by atoms with Gasteiger partial charge in [0, 0.05) is 51.6 Å². The standard InChI is InChI=1S/C40H58O11/c1-20-14-25-10-12-40-19-31-35(50-40)36-37(49-31)38(51-40)34-28(48-36)9-7-24(46-34)16-22(42)17-26-30(47-29(11-13-41)33(26)43-5)18-32-39(3,4)21(2)15-23(45-32)6-8-27(20)44-25/h13,21,23-38H,1,6-12,14-19H2,2-5H3/t21?,23?,24?,25?,26?,27?,28?,29?,30?,31?,32?,33-,34+,35+,36+,37?,38?,40+/m1/s1. The van der Waals surface area contributed by atoms with Crippen molar-refractivity contribution in [1.29, 1.82) is 0 Å². The van der Waals surface area contributed by atoms with Gasteiger partial charge in [-0.3, -0.25) is 4.79 Å². The van der Waals surface area contributed by atoms with Gasteiger partial charge in [0.15, 0.2) is 5.79 Å². The van der Waals surface area contributed by atoms with Gasteiger partial charge < -0.3 is 47.4 Å². The molecule has 18 atom stereocenters. The van der Waals surface area contributed by atoms with E-state index in [1.54, 1.807) is 7.11 Å². The maximum absolute atomic E-state index is 14.0. The molecule has 10 saturated heterocycles. The summed E-state index contributed by atoms with van der Waals surface area (Å²) in [5.74, 6) is -0.418. The molecule has 11 heteroatoms. The number of hydrogen-bond donors (Lipinski definition) is 0. The second-order valence-corrected chi connectivity index (χ2v) is 18.0. The van der Waals surface area contributed by atoms with Crippen LogP contribution in [-0.4, -0.2) is 117 Å². The van der Waals surface area contributed by atoms with Crippen LogP contribution >= 0.6 is 0 Å². The summed E-state index contributed by atoms with van der Waals surface area (Å²) in [5.41, 5.74) is 1.06. The van der Waals surface area contributed by atoms with Crippen molar-refractivity contribution >= 4 is 12.1 Å². The molecule has 0 N–H and O–H groups in total. The fourth-order valence-corrected chi connectivity index (χ4v) is 11.4. The summed E-state index contributed by atoms with van der Waals surface area (Å²) in [4.78, 5) is 25.7. The minimum absolute atomic E-state index is 0.00200. The Hall–Kier alpha value is -1.28. The molecule has 0 amide bonds. The average molecular weight is 715 g/mol. The summed E-state index contributed by atoms with van der Waals surface area (Å²) in [7, 11) is 1.66. The molecule has 284 valence electrons. The SMILES string of the molecule is C=C1CC2CC[C@@]34CC5OC6C(O3)[C@H]3OC(CCC3O[C@H]6[C@H]5O4)CC(=O)CC3C(CC4OC(CCC1O2)CC(C)C4(C)C)OC(CC=O)[C@@H]3OC. The van der Waals surface area contributed by atoms with Gasteiger partial charge in [-0.15, -0.1) is 0 Å². The van der Waals surface area contributed by atoms with Gasteiger partial charge in [-0.2, -0.15) is 0 Å². The third-order valence-electron chi connectivity index (χ3n) is 14.6. The van der Waals surface area contributed by atoms with Gasteiger partial charge >= 0.3 is 0 Å². The summed E-state index contributed by atoms with van der Waals surface area (Å²) in [5, 5.41) is 0. The Morgan fingerprint density at radius 2 is 1.55 bits per heavy atom. The average Bonchev–Trinajstić information content (AvgIpc) is 3.77. The van der Waals surface area contributed by atoms with E-state index >= 15 is 0 Å². The van der Waals surface area contributed by atoms with Crippen LogP contribution in [-0.2, 0) is 52.2 Å². The second-order valence-electron chi connectivity index (χ2n) is 18.0. The summed E-state index contributed by atoms with van der Waals surface area (Å²) in [6.45, 7) is 11.4. The van der Waals surface area contributed by atoms with Crippen LogP contribution in [0.1, 0.15) is 104 Å². The molecular weight excluding hydrogens is 656 g/mol. The zero-order chi connectivity index (χ0) is 35.2. The first-order valence-electron chi connectivity index (χ1n) is 20.0. The predicted octanol–water partition coefficient (Wildman–Crippen LogP) is 4.79. The Morgan fingerprint density at radius 3 is 2.37 bits per heavy atom. The molecule has 10 aliphatic heterocycles. The van der Waals surface area contributed by atoms with Gasteiger partial charge in [0.1, 0.15) is 42.6 Å². The van der Waals surface area contributed by atoms with Crippen molar-refractivity contribution in [2.45, 2.75) is 202 Å². The summed E-state index contributed by atoms with van der Waals surface area (Å²) < 4.78 is 60.1. The highest BCUT2D eigenvalue weighted by molar-refractivity contribution is 5.79. The van der Waals surface area contributed by atoms with E-state index in [4.69, 9.17) is 42.6 Å². The van der Waals surface area contributed by atoms with Gasteiger partial charge in [-0.25, -0.2) is 0 Å². The van der Waals surface area contributed by atoms with Crippen LogP contribution in [0.4, 0.5) is 0 Å². The molecule has 0 aromatic carbocycles. The van der Waals surface area contributed by atoms with Crippen LogP contribution < -0.4 is 0 Å². The van der Waals surface area contributed by atoms with Crippen molar-refractivity contribution in [1.82, 2.24) is 0 Å². The van der Waals surface area contributed by atoms with E-state index in [0.717, 1.165) is 56.8 Å². The summed E-state index contributed by atoms with van der Waals surface area (Å²) in [6.07, 6.45) is 7.03. The maximum Gasteiger partial charge on any atom is 0.172 e. The predicted molar refractivity (Wildman–Crippen MR) is 182 cm³/mol. The van der Waals surface area contributed by atoms with Crippen LogP contribution in [0.5, 0.6) is 0 Å². The van der Waals surface area contributed by atoms with Gasteiger partial charge in [0.25, 0.3) is 0 Å². The molecule has 0 aliphatic carbocycles. The minimum Gasteiger partial charge on any atom is -0.378 e. The van der Waals surface area contributed by atoms with Crippen LogP contribution in [0.25, 0.3) is 0 Å². The molecule has 10 aliphatic rings. The highest BCUT2D eigenvalue weighted by Gasteiger charge is 2.68. The van der Waals surface area contributed by atoms with E-state index in [-0.39, 0.29) is 109 Å². The Kier molecular flexibility index (Phi) is 9.36. The van der Waals surface area contributed by atoms with E-state index in [1.165, 1.54) is 0 Å². The zero-order valence-electron chi connectivity index (χ0n) is 30.8. The van der Waals surface area contributed by atoms with E-state index in [0.29, 0.717) is 38.0 Å². The lowest BCUT2D eigenvalue weighted by Crippen LogP contribution is -2.61. The second kappa shape index (κ2) is 13.5. The Labute approximate surface area is 302 Å². The molecule has 0 saturated carbocycles. The number of Topliss-reactive ketones (excluding diaryl/α,β-unsaturated/α-hetero) is 1. The monoisotopic (exact) mass is 714 g/mol. The number of fused-ring (bicyclic) bond motifs is 6. The number of ketones is 1. The lowest BCUT2D eigenvalue weighted by molar-refractivity contribution is -0.292. The van der Waals surface area contributed by atoms with Crippen molar-refractivity contribution in [3.05, 3.63) is 12.2 Å². The van der Waals surface area contributed by atoms with Crippen LogP contribution in [0.2, 0.25) is 0 Å². The van der Waals surface area contributed by atoms with Crippen LogP contribution in [0.15, 0.2) is 12.2 Å². The van der Waals surface area contributed by atoms with Gasteiger partial charge in [0.2, 0.25) is 0 Å². The number of hydrogen-bond acceptors (Lipinski definition) is 11. The highest BCUT2D eigenvalue weighted by atomic mass is 16.8. The fraction of sp³-hybridized carbons (Fsp3) is 0.900. The van der Waals surface area contributed by atoms with E-state index < -0.39 is 11.9 Å². The smallest absolute Gasteiger partial charge is 0.172 e. The maximum atomic E-state index is 14.0. The molecule has 1 spiro atoms. The van der Waals surface area contributed by atoms with Crippen LogP contribution in [0, 0.1) is 17.3 Å². The van der Waals surface area contributed by atoms with E-state index in [9.17, 15) is 9.59 Å². The third kappa shape index (κ3) is 6.22. The quantitative estimate of drug-likeness (QED) is 0.297. The molecule has 13 unspecified atom stereocenters. The van der Waals surface area contributed by atoms with E-state index in [2.05, 4.69) is 27.4 Å². The fourth-order valence-electron chi connectivity index (χ4n) is 11.4. The molecule has 0 radical (unpaired) electrons. The van der Waals surface area contributed by atoms with Gasteiger partial charge in [-0.1, -0.05) is 27.4 Å². The molecule has 11 nitrogen and oxygen atoms in total. The van der Waals surface area contributed by atoms with Gasteiger partial charge in [-0.05, 0) is 61.9 Å². The number of aldehydes is 1. The Balaban J connectivity index is 1.00. The molecule has 0 aromatic rings. The first-order chi connectivity index (χ1) is 24.5.